The van der Waals surface area contributed by atoms with Gasteiger partial charge in [0, 0.05) is 12.1 Å². The van der Waals surface area contributed by atoms with E-state index in [4.69, 9.17) is 5.73 Å². The fourth-order valence-electron chi connectivity index (χ4n) is 3.34. The highest BCUT2D eigenvalue weighted by molar-refractivity contribution is 5.65. The quantitative estimate of drug-likeness (QED) is 0.877. The van der Waals surface area contributed by atoms with E-state index in [1.54, 1.807) is 0 Å². The van der Waals surface area contributed by atoms with Crippen molar-refractivity contribution < 1.29 is 0 Å². The number of hydrogen-bond acceptors (Lipinski definition) is 3. The number of rotatable bonds is 3. The van der Waals surface area contributed by atoms with Gasteiger partial charge in [0.25, 0.3) is 0 Å². The van der Waals surface area contributed by atoms with Gasteiger partial charge in [0.05, 0.1) is 11.4 Å². The van der Waals surface area contributed by atoms with E-state index in [-0.39, 0.29) is 0 Å². The van der Waals surface area contributed by atoms with Gasteiger partial charge in [0.1, 0.15) is 5.82 Å². The van der Waals surface area contributed by atoms with E-state index >= 15 is 0 Å². The summed E-state index contributed by atoms with van der Waals surface area (Å²) in [5, 5.41) is 8.20. The number of nitrogens with one attached hydrogen (secondary N) is 1. The van der Waals surface area contributed by atoms with Gasteiger partial charge < -0.3 is 11.1 Å². The molecule has 2 unspecified atom stereocenters. The highest BCUT2D eigenvalue weighted by Crippen LogP contribution is 2.33. The van der Waals surface area contributed by atoms with Crippen molar-refractivity contribution in [1.82, 2.24) is 9.78 Å². The van der Waals surface area contributed by atoms with Crippen LogP contribution in [-0.4, -0.2) is 15.8 Å². The molecular formula is C15H28N4. The summed E-state index contributed by atoms with van der Waals surface area (Å²) < 4.78 is 2.02. The third-order valence-corrected chi connectivity index (χ3v) is 4.14. The van der Waals surface area contributed by atoms with E-state index in [0.29, 0.717) is 12.1 Å². The lowest BCUT2D eigenvalue weighted by molar-refractivity contribution is 0.279. The fourth-order valence-corrected chi connectivity index (χ4v) is 3.34. The topological polar surface area (TPSA) is 55.9 Å². The van der Waals surface area contributed by atoms with Gasteiger partial charge in [-0.25, -0.2) is 4.68 Å². The summed E-state index contributed by atoms with van der Waals surface area (Å²) in [5.74, 6) is 2.59. The monoisotopic (exact) mass is 264 g/mol. The molecule has 1 aromatic rings. The van der Waals surface area contributed by atoms with Crippen molar-refractivity contribution in [3.63, 3.8) is 0 Å². The molecule has 0 bridgehead atoms. The smallest absolute Gasteiger partial charge is 0.148 e. The molecule has 0 spiro atoms. The number of nitrogens with two attached hydrogens (primary N) is 1. The molecule has 2 atom stereocenters. The van der Waals surface area contributed by atoms with Gasteiger partial charge in [0.2, 0.25) is 0 Å². The third-order valence-electron chi connectivity index (χ3n) is 4.14. The molecule has 0 saturated heterocycles. The molecule has 0 aromatic carbocycles. The minimum absolute atomic E-state index is 0.330. The van der Waals surface area contributed by atoms with Crippen LogP contribution >= 0.6 is 0 Å². The van der Waals surface area contributed by atoms with E-state index in [1.807, 2.05) is 11.6 Å². The molecular weight excluding hydrogens is 236 g/mol. The van der Waals surface area contributed by atoms with Crippen LogP contribution in [0.3, 0.4) is 0 Å². The normalized spacial score (nSPS) is 27.8. The molecule has 19 heavy (non-hydrogen) atoms. The predicted molar refractivity (Wildman–Crippen MR) is 81.4 cm³/mol. The first-order valence-electron chi connectivity index (χ1n) is 7.49. The third kappa shape index (κ3) is 3.04. The Labute approximate surface area is 116 Å². The molecule has 0 radical (unpaired) electrons. The summed E-state index contributed by atoms with van der Waals surface area (Å²) >= 11 is 0. The van der Waals surface area contributed by atoms with Crippen LogP contribution in [0.4, 0.5) is 11.5 Å². The number of aromatic nitrogens is 2. The molecule has 1 aliphatic carbocycles. The minimum Gasteiger partial charge on any atom is -0.394 e. The van der Waals surface area contributed by atoms with Crippen molar-refractivity contribution in [1.29, 1.82) is 0 Å². The van der Waals surface area contributed by atoms with Crippen molar-refractivity contribution in [3.05, 3.63) is 5.69 Å². The molecule has 4 heteroatoms. The maximum Gasteiger partial charge on any atom is 0.148 e. The molecule has 1 aliphatic rings. The van der Waals surface area contributed by atoms with Crippen molar-refractivity contribution in [2.24, 2.45) is 11.8 Å². The Balaban J connectivity index is 2.18. The van der Waals surface area contributed by atoms with E-state index in [2.05, 4.69) is 38.1 Å². The lowest BCUT2D eigenvalue weighted by atomic mass is 9.80. The Morgan fingerprint density at radius 3 is 2.32 bits per heavy atom. The standard InChI is InChI=1S/C15H28N4/c1-9(2)19-15(14(16)12(5)18-19)17-13-7-10(3)6-11(4)8-13/h9-11,13,17H,6-8,16H2,1-5H3. The Morgan fingerprint density at radius 2 is 1.79 bits per heavy atom. The summed E-state index contributed by atoms with van der Waals surface area (Å²) in [5.41, 5.74) is 7.91. The maximum atomic E-state index is 6.18. The van der Waals surface area contributed by atoms with Crippen molar-refractivity contribution in [2.45, 2.75) is 66.0 Å². The van der Waals surface area contributed by atoms with Gasteiger partial charge in [-0.2, -0.15) is 5.10 Å². The summed E-state index contributed by atoms with van der Waals surface area (Å²) in [6.45, 7) is 11.0. The van der Waals surface area contributed by atoms with E-state index < -0.39 is 0 Å². The van der Waals surface area contributed by atoms with Crippen LogP contribution < -0.4 is 11.1 Å². The molecule has 1 fully saturated rings. The summed E-state index contributed by atoms with van der Waals surface area (Å²) in [6, 6.07) is 0.853. The molecule has 1 aromatic heterocycles. The average Bonchev–Trinajstić information content (AvgIpc) is 2.56. The zero-order valence-corrected chi connectivity index (χ0v) is 12.9. The maximum absolute atomic E-state index is 6.18. The van der Waals surface area contributed by atoms with Gasteiger partial charge in [-0.3, -0.25) is 0 Å². The summed E-state index contributed by atoms with van der Waals surface area (Å²) in [7, 11) is 0. The van der Waals surface area contributed by atoms with E-state index in [1.165, 1.54) is 19.3 Å². The number of nitrogens with zero attached hydrogens (tertiary/aromatic N) is 2. The lowest BCUT2D eigenvalue weighted by Crippen LogP contribution is -2.31. The lowest BCUT2D eigenvalue weighted by Gasteiger charge is -2.33. The molecule has 4 nitrogen and oxygen atoms in total. The molecule has 3 N–H and O–H groups in total. The minimum atomic E-state index is 0.330. The van der Waals surface area contributed by atoms with Crippen LogP contribution in [0.2, 0.25) is 0 Å². The van der Waals surface area contributed by atoms with Gasteiger partial charge in [0.15, 0.2) is 0 Å². The number of anilines is 2. The van der Waals surface area contributed by atoms with Gasteiger partial charge in [-0.1, -0.05) is 13.8 Å². The second-order valence-corrected chi connectivity index (χ2v) is 6.64. The number of nitrogen functional groups attached to an aromatic ring is 1. The van der Waals surface area contributed by atoms with Crippen LogP contribution in [0.25, 0.3) is 0 Å². The van der Waals surface area contributed by atoms with Crippen LogP contribution in [0.1, 0.15) is 58.7 Å². The van der Waals surface area contributed by atoms with E-state index in [9.17, 15) is 0 Å². The van der Waals surface area contributed by atoms with Crippen LogP contribution in [-0.2, 0) is 0 Å². The second kappa shape index (κ2) is 5.43. The predicted octanol–water partition coefficient (Wildman–Crippen LogP) is 3.59. The summed E-state index contributed by atoms with van der Waals surface area (Å²) in [4.78, 5) is 0. The van der Waals surface area contributed by atoms with Gasteiger partial charge >= 0.3 is 0 Å². The van der Waals surface area contributed by atoms with Crippen molar-refractivity contribution >= 4 is 11.5 Å². The molecule has 0 aliphatic heterocycles. The zero-order chi connectivity index (χ0) is 14.2. The van der Waals surface area contributed by atoms with Crippen LogP contribution in [0.15, 0.2) is 0 Å². The molecule has 108 valence electrons. The SMILES string of the molecule is Cc1nn(C(C)C)c(NC2CC(C)CC(C)C2)c1N. The Kier molecular flexibility index (Phi) is 4.07. The Hall–Kier alpha value is -1.19. The highest BCUT2D eigenvalue weighted by atomic mass is 15.4. The van der Waals surface area contributed by atoms with Gasteiger partial charge in [-0.05, 0) is 51.9 Å². The van der Waals surface area contributed by atoms with Crippen molar-refractivity contribution in [3.8, 4) is 0 Å². The highest BCUT2D eigenvalue weighted by Gasteiger charge is 2.26. The Bertz CT molecular complexity index is 426. The number of aryl methyl sites for hydroxylation is 1. The number of hydrogen-bond donors (Lipinski definition) is 2. The first-order valence-corrected chi connectivity index (χ1v) is 7.49. The summed E-state index contributed by atoms with van der Waals surface area (Å²) in [6.07, 6.45) is 3.80. The van der Waals surface area contributed by atoms with Crippen LogP contribution in [0.5, 0.6) is 0 Å². The second-order valence-electron chi connectivity index (χ2n) is 6.64. The first kappa shape index (κ1) is 14.2. The fraction of sp³-hybridized carbons (Fsp3) is 0.800. The molecule has 2 rings (SSSR count). The molecule has 1 saturated carbocycles. The Morgan fingerprint density at radius 1 is 1.21 bits per heavy atom. The molecule has 0 amide bonds. The largest absolute Gasteiger partial charge is 0.394 e. The van der Waals surface area contributed by atoms with Gasteiger partial charge in [-0.15, -0.1) is 0 Å². The molecule has 1 heterocycles. The average molecular weight is 264 g/mol. The van der Waals surface area contributed by atoms with Crippen LogP contribution in [0, 0.1) is 18.8 Å². The van der Waals surface area contributed by atoms with E-state index in [0.717, 1.165) is 29.0 Å². The zero-order valence-electron chi connectivity index (χ0n) is 12.9. The first-order chi connectivity index (χ1) is 8.88. The van der Waals surface area contributed by atoms with Crippen molar-refractivity contribution in [2.75, 3.05) is 11.1 Å².